The standard InChI is InChI=1S/C39H48F5N5O9S/c1-21-9-5-6-10-23-17-38(23,35(52)47-59(55,56)25-13-14-25)46-32(50)28-16-24(58-33-27-12-8-7-11-26(27)29(18-45-33)57-20-30(40)41)19-48(28)34(51)31(22(2)15-21)49(36(53)54)37(3,4)39(42,43)44/h6-8,10-12,18,21-25,28,30-31H,5,9,13-17,19-20H2,1-4H3,(H,46,50)(H,47,52)(H,53,54)/b10-6-/t21-,22+,23+,24+,28-,31-,38+/m0/s1. The predicted octanol–water partition coefficient (Wildman–Crippen LogP) is 5.41. The molecule has 2 aliphatic carbocycles. The number of benzene rings is 1. The van der Waals surface area contributed by atoms with Crippen molar-refractivity contribution in [2.45, 2.75) is 120 Å². The van der Waals surface area contributed by atoms with Crippen LogP contribution < -0.4 is 19.5 Å². The Balaban J connectivity index is 1.41. The van der Waals surface area contributed by atoms with E-state index >= 15 is 0 Å². The summed E-state index contributed by atoms with van der Waals surface area (Å²) in [5, 5.41) is 13.0. The fraction of sp³-hybridized carbons (Fsp3) is 0.615. The van der Waals surface area contributed by atoms with Crippen molar-refractivity contribution in [2.24, 2.45) is 17.8 Å². The number of alkyl halides is 5. The molecule has 2 aromatic rings. The van der Waals surface area contributed by atoms with Crippen molar-refractivity contribution in [1.82, 2.24) is 24.8 Å². The number of allylic oxidation sites excluding steroid dienone is 1. The first-order valence-electron chi connectivity index (χ1n) is 19.5. The van der Waals surface area contributed by atoms with E-state index in [0.717, 1.165) is 11.1 Å². The molecule has 4 amide bonds. The lowest BCUT2D eigenvalue weighted by Gasteiger charge is -2.45. The minimum Gasteiger partial charge on any atom is -0.485 e. The lowest BCUT2D eigenvalue weighted by molar-refractivity contribution is -0.222. The molecular formula is C39H48F5N5O9S. The number of hydrogen-bond acceptors (Lipinski definition) is 9. The predicted molar refractivity (Wildman–Crippen MR) is 202 cm³/mol. The first kappa shape index (κ1) is 43.8. The largest absolute Gasteiger partial charge is 0.485 e. The Morgan fingerprint density at radius 3 is 2.41 bits per heavy atom. The molecule has 1 aromatic carbocycles. The minimum absolute atomic E-state index is 0.0134. The molecule has 3 heterocycles. The van der Waals surface area contributed by atoms with Gasteiger partial charge in [-0.05, 0) is 70.3 Å². The molecule has 0 radical (unpaired) electrons. The van der Waals surface area contributed by atoms with Crippen molar-refractivity contribution >= 4 is 44.6 Å². The zero-order valence-electron chi connectivity index (χ0n) is 32.9. The summed E-state index contributed by atoms with van der Waals surface area (Å²) in [6.45, 7) is 3.24. The summed E-state index contributed by atoms with van der Waals surface area (Å²) in [5.74, 6) is -4.93. The Morgan fingerprint density at radius 2 is 1.78 bits per heavy atom. The molecule has 3 fully saturated rings. The normalized spacial score (nSPS) is 28.7. The van der Waals surface area contributed by atoms with E-state index in [-0.39, 0.29) is 41.7 Å². The molecule has 1 aromatic heterocycles. The second kappa shape index (κ2) is 16.4. The summed E-state index contributed by atoms with van der Waals surface area (Å²) < 4.78 is 109. The van der Waals surface area contributed by atoms with Gasteiger partial charge in [-0.3, -0.25) is 24.0 Å². The third-order valence-corrected chi connectivity index (χ3v) is 13.5. The number of sulfonamides is 1. The molecular weight excluding hydrogens is 810 g/mol. The number of nitrogens with one attached hydrogen (secondary N) is 2. The van der Waals surface area contributed by atoms with Crippen LogP contribution in [0, 0.1) is 17.8 Å². The highest BCUT2D eigenvalue weighted by Gasteiger charge is 2.63. The molecule has 7 atom stereocenters. The van der Waals surface area contributed by atoms with Crippen LogP contribution in [0.15, 0.2) is 42.6 Å². The Hall–Kier alpha value is -4.75. The maximum absolute atomic E-state index is 15.0. The number of carboxylic acid groups (broad SMARTS) is 1. The number of fused-ring (bicyclic) bond motifs is 3. The Kier molecular flexibility index (Phi) is 12.2. The van der Waals surface area contributed by atoms with E-state index < -0.39 is 106 Å². The van der Waals surface area contributed by atoms with Gasteiger partial charge in [0.1, 0.15) is 41.6 Å². The van der Waals surface area contributed by atoms with Gasteiger partial charge in [0.2, 0.25) is 27.7 Å². The summed E-state index contributed by atoms with van der Waals surface area (Å²) in [6.07, 6.45) is -4.95. The van der Waals surface area contributed by atoms with E-state index in [1.807, 2.05) is 6.92 Å². The van der Waals surface area contributed by atoms with Crippen LogP contribution in [0.4, 0.5) is 26.7 Å². The molecule has 59 heavy (non-hydrogen) atoms. The van der Waals surface area contributed by atoms with Gasteiger partial charge in [-0.2, -0.15) is 13.2 Å². The SMILES string of the molecule is C[C@H]1CC/C=C\[C@@H]2C[C@@]2(C(=O)NS(=O)(=O)C2CC2)NC(=O)[C@@H]2C[C@@H](Oc3ncc(OCC(F)F)c4ccccc34)CN2C(=O)[C@@H](N(C(=O)O)C(C)(C)C(F)(F)F)[C@H](C)C1. The molecule has 0 spiro atoms. The van der Waals surface area contributed by atoms with E-state index in [4.69, 9.17) is 9.47 Å². The van der Waals surface area contributed by atoms with Crippen molar-refractivity contribution < 1.29 is 64.1 Å². The monoisotopic (exact) mass is 857 g/mol. The van der Waals surface area contributed by atoms with Gasteiger partial charge in [-0.1, -0.05) is 44.2 Å². The summed E-state index contributed by atoms with van der Waals surface area (Å²) in [5.41, 5.74) is -4.83. The number of hydrogen-bond donors (Lipinski definition) is 3. The molecule has 6 rings (SSSR count). The van der Waals surface area contributed by atoms with Crippen LogP contribution in [0.3, 0.4) is 0 Å². The second-order valence-electron chi connectivity index (χ2n) is 16.6. The maximum Gasteiger partial charge on any atom is 0.411 e. The van der Waals surface area contributed by atoms with Crippen LogP contribution in [-0.4, -0.2) is 112 Å². The molecule has 0 unspecified atom stereocenters. The third-order valence-electron chi connectivity index (χ3n) is 11.7. The Bertz CT molecular complexity index is 2100. The number of halogens is 5. The number of pyridine rings is 1. The Labute approximate surface area is 337 Å². The van der Waals surface area contributed by atoms with Crippen molar-refractivity contribution in [1.29, 1.82) is 0 Å². The average molecular weight is 858 g/mol. The van der Waals surface area contributed by atoms with Crippen LogP contribution in [0.5, 0.6) is 11.6 Å². The van der Waals surface area contributed by atoms with E-state index in [0.29, 0.717) is 50.3 Å². The molecule has 14 nitrogen and oxygen atoms in total. The van der Waals surface area contributed by atoms with E-state index in [9.17, 15) is 54.7 Å². The summed E-state index contributed by atoms with van der Waals surface area (Å²) in [6, 6.07) is 2.88. The smallest absolute Gasteiger partial charge is 0.411 e. The van der Waals surface area contributed by atoms with Crippen molar-refractivity contribution in [3.8, 4) is 11.6 Å². The van der Waals surface area contributed by atoms with Crippen LogP contribution in [-0.2, 0) is 24.4 Å². The second-order valence-corrected chi connectivity index (χ2v) is 18.5. The number of rotatable bonds is 10. The van der Waals surface area contributed by atoms with Crippen molar-refractivity contribution in [3.63, 3.8) is 0 Å². The van der Waals surface area contributed by atoms with E-state index in [1.165, 1.54) is 6.92 Å². The van der Waals surface area contributed by atoms with Gasteiger partial charge in [0.25, 0.3) is 12.3 Å². The summed E-state index contributed by atoms with van der Waals surface area (Å²) in [7, 11) is -4.06. The number of ether oxygens (including phenoxy) is 2. The highest BCUT2D eigenvalue weighted by molar-refractivity contribution is 7.91. The highest BCUT2D eigenvalue weighted by Crippen LogP contribution is 2.47. The number of carbonyl (C=O) groups excluding carboxylic acids is 3. The van der Waals surface area contributed by atoms with Crippen LogP contribution in [0.25, 0.3) is 10.8 Å². The fourth-order valence-electron chi connectivity index (χ4n) is 8.15. The van der Waals surface area contributed by atoms with Gasteiger partial charge in [-0.25, -0.2) is 27.0 Å². The molecule has 20 heteroatoms. The third kappa shape index (κ3) is 9.06. The number of amides is 4. The topological polar surface area (TPSA) is 185 Å². The summed E-state index contributed by atoms with van der Waals surface area (Å²) >= 11 is 0. The lowest BCUT2D eigenvalue weighted by Crippen LogP contribution is -2.66. The molecule has 3 N–H and O–H groups in total. The molecule has 324 valence electrons. The number of nitrogens with zero attached hydrogens (tertiary/aromatic N) is 3. The lowest BCUT2D eigenvalue weighted by atomic mass is 9.85. The minimum atomic E-state index is -5.13. The maximum atomic E-state index is 15.0. The van der Waals surface area contributed by atoms with Crippen LogP contribution in [0.1, 0.15) is 72.6 Å². The quantitative estimate of drug-likeness (QED) is 0.206. The van der Waals surface area contributed by atoms with Crippen molar-refractivity contribution in [3.05, 3.63) is 42.6 Å². The molecule has 0 bridgehead atoms. The van der Waals surface area contributed by atoms with Gasteiger partial charge in [0.15, 0.2) is 0 Å². The first-order chi connectivity index (χ1) is 27.6. The zero-order chi connectivity index (χ0) is 43.2. The molecule has 2 aliphatic heterocycles. The Morgan fingerprint density at radius 1 is 1.10 bits per heavy atom. The van der Waals surface area contributed by atoms with Crippen LogP contribution in [0.2, 0.25) is 0 Å². The van der Waals surface area contributed by atoms with Gasteiger partial charge in [0, 0.05) is 23.1 Å². The highest BCUT2D eigenvalue weighted by atomic mass is 32.2. The van der Waals surface area contributed by atoms with Crippen molar-refractivity contribution in [2.75, 3.05) is 13.2 Å². The van der Waals surface area contributed by atoms with Gasteiger partial charge in [-0.15, -0.1) is 0 Å². The first-order valence-corrected chi connectivity index (χ1v) is 21.0. The van der Waals surface area contributed by atoms with Gasteiger partial charge < -0.3 is 24.8 Å². The fourth-order valence-corrected chi connectivity index (χ4v) is 9.51. The van der Waals surface area contributed by atoms with Gasteiger partial charge in [0.05, 0.1) is 18.0 Å². The number of aromatic nitrogens is 1. The molecule has 2 saturated carbocycles. The van der Waals surface area contributed by atoms with Gasteiger partial charge >= 0.3 is 12.3 Å². The van der Waals surface area contributed by atoms with Crippen LogP contribution >= 0.6 is 0 Å². The number of carbonyl (C=O) groups is 4. The molecule has 4 aliphatic rings. The average Bonchev–Trinajstić information content (AvgIpc) is 4.07. The summed E-state index contributed by atoms with van der Waals surface area (Å²) in [4.78, 5) is 61.4. The zero-order valence-corrected chi connectivity index (χ0v) is 33.7. The van der Waals surface area contributed by atoms with E-state index in [2.05, 4.69) is 15.0 Å². The van der Waals surface area contributed by atoms with E-state index in [1.54, 1.807) is 36.4 Å². The molecule has 1 saturated heterocycles.